The summed E-state index contributed by atoms with van der Waals surface area (Å²) in [6.45, 7) is 1.67. The molecule has 0 bridgehead atoms. The van der Waals surface area contributed by atoms with E-state index in [1.165, 1.54) is 22.9 Å². The van der Waals surface area contributed by atoms with Gasteiger partial charge in [-0.1, -0.05) is 6.92 Å². The molecule has 1 amide bonds. The van der Waals surface area contributed by atoms with Gasteiger partial charge in [0.15, 0.2) is 0 Å². The van der Waals surface area contributed by atoms with E-state index in [0.29, 0.717) is 0 Å². The average molecular weight is 201 g/mol. The van der Waals surface area contributed by atoms with Crippen LogP contribution in [-0.2, 0) is 9.59 Å². The SMILES string of the molecule is CC[C@@H]1SC=CN(CC(=O)O)C1=O. The molecule has 1 aliphatic heterocycles. The first-order valence-electron chi connectivity index (χ1n) is 3.99. The second-order valence-corrected chi connectivity index (χ2v) is 3.79. The van der Waals surface area contributed by atoms with Crippen LogP contribution in [0, 0.1) is 0 Å². The lowest BCUT2D eigenvalue weighted by Crippen LogP contribution is -2.38. The molecule has 1 atom stereocenters. The quantitative estimate of drug-likeness (QED) is 0.737. The highest BCUT2D eigenvalue weighted by Crippen LogP contribution is 2.23. The predicted molar refractivity (Wildman–Crippen MR) is 50.2 cm³/mol. The fraction of sp³-hybridized carbons (Fsp3) is 0.500. The second kappa shape index (κ2) is 4.32. The number of aliphatic carboxylic acids is 1. The van der Waals surface area contributed by atoms with E-state index >= 15 is 0 Å². The van der Waals surface area contributed by atoms with Gasteiger partial charge in [0.1, 0.15) is 6.54 Å². The van der Waals surface area contributed by atoms with Gasteiger partial charge in [-0.2, -0.15) is 0 Å². The van der Waals surface area contributed by atoms with Gasteiger partial charge in [0.25, 0.3) is 0 Å². The number of hydrogen-bond donors (Lipinski definition) is 1. The van der Waals surface area contributed by atoms with Crippen molar-refractivity contribution in [3.63, 3.8) is 0 Å². The minimum Gasteiger partial charge on any atom is -0.480 e. The number of carboxylic acid groups (broad SMARTS) is 1. The molecule has 1 rings (SSSR count). The number of rotatable bonds is 3. The maximum Gasteiger partial charge on any atom is 0.323 e. The second-order valence-electron chi connectivity index (χ2n) is 2.68. The Morgan fingerprint density at radius 2 is 2.46 bits per heavy atom. The van der Waals surface area contributed by atoms with E-state index in [-0.39, 0.29) is 17.7 Å². The zero-order chi connectivity index (χ0) is 9.84. The Bertz CT molecular complexity index is 252. The van der Waals surface area contributed by atoms with Crippen LogP contribution in [0.15, 0.2) is 11.6 Å². The minimum atomic E-state index is -0.986. The summed E-state index contributed by atoms with van der Waals surface area (Å²) in [4.78, 5) is 23.1. The number of nitrogens with zero attached hydrogens (tertiary/aromatic N) is 1. The van der Waals surface area contributed by atoms with Crippen molar-refractivity contribution in [2.45, 2.75) is 18.6 Å². The Morgan fingerprint density at radius 1 is 1.77 bits per heavy atom. The monoisotopic (exact) mass is 201 g/mol. The van der Waals surface area contributed by atoms with E-state index in [4.69, 9.17) is 5.11 Å². The van der Waals surface area contributed by atoms with Gasteiger partial charge in [0, 0.05) is 6.20 Å². The van der Waals surface area contributed by atoms with Gasteiger partial charge in [-0.15, -0.1) is 11.8 Å². The molecule has 0 saturated heterocycles. The summed E-state index contributed by atoms with van der Waals surface area (Å²) in [5.74, 6) is -1.10. The molecule has 0 unspecified atom stereocenters. The normalized spacial score (nSPS) is 22.1. The van der Waals surface area contributed by atoms with Crippen molar-refractivity contribution in [1.29, 1.82) is 0 Å². The number of thioether (sulfide) groups is 1. The van der Waals surface area contributed by atoms with Crippen LogP contribution in [-0.4, -0.2) is 33.7 Å². The van der Waals surface area contributed by atoms with Crippen molar-refractivity contribution in [2.75, 3.05) is 6.54 Å². The number of hydrogen-bond acceptors (Lipinski definition) is 3. The fourth-order valence-corrected chi connectivity index (χ4v) is 1.92. The Hall–Kier alpha value is -0.970. The molecule has 0 spiro atoms. The summed E-state index contributed by atoms with van der Waals surface area (Å²) >= 11 is 1.44. The van der Waals surface area contributed by atoms with Gasteiger partial charge in [-0.05, 0) is 11.8 Å². The molecule has 72 valence electrons. The molecule has 0 aromatic rings. The molecule has 0 aromatic carbocycles. The van der Waals surface area contributed by atoms with Gasteiger partial charge in [0.2, 0.25) is 5.91 Å². The molecular formula is C8H11NO3S. The average Bonchev–Trinajstić information content (AvgIpc) is 2.08. The summed E-state index contributed by atoms with van der Waals surface area (Å²) in [6, 6.07) is 0. The summed E-state index contributed by atoms with van der Waals surface area (Å²) in [5, 5.41) is 10.1. The summed E-state index contributed by atoms with van der Waals surface area (Å²) < 4.78 is 0. The van der Waals surface area contributed by atoms with Crippen LogP contribution in [0.2, 0.25) is 0 Å². The predicted octanol–water partition coefficient (Wildman–Crippen LogP) is 0.896. The molecule has 13 heavy (non-hydrogen) atoms. The smallest absolute Gasteiger partial charge is 0.323 e. The van der Waals surface area contributed by atoms with Crippen molar-refractivity contribution >= 4 is 23.6 Å². The first-order chi connectivity index (χ1) is 6.15. The van der Waals surface area contributed by atoms with Crippen LogP contribution >= 0.6 is 11.8 Å². The van der Waals surface area contributed by atoms with E-state index in [2.05, 4.69) is 0 Å². The lowest BCUT2D eigenvalue weighted by molar-refractivity contribution is -0.142. The number of carboxylic acids is 1. The highest BCUT2D eigenvalue weighted by Gasteiger charge is 2.25. The zero-order valence-electron chi connectivity index (χ0n) is 7.27. The Labute approximate surface area is 80.6 Å². The van der Waals surface area contributed by atoms with Gasteiger partial charge >= 0.3 is 5.97 Å². The van der Waals surface area contributed by atoms with E-state index in [1.807, 2.05) is 6.92 Å². The molecule has 1 heterocycles. The first kappa shape index (κ1) is 10.1. The fourth-order valence-electron chi connectivity index (χ4n) is 1.07. The van der Waals surface area contributed by atoms with Gasteiger partial charge < -0.3 is 10.0 Å². The van der Waals surface area contributed by atoms with Crippen molar-refractivity contribution in [2.24, 2.45) is 0 Å². The first-order valence-corrected chi connectivity index (χ1v) is 4.94. The number of carbonyl (C=O) groups is 2. The molecule has 5 heteroatoms. The van der Waals surface area contributed by atoms with Crippen molar-refractivity contribution in [3.8, 4) is 0 Å². The maximum atomic E-state index is 11.5. The lowest BCUT2D eigenvalue weighted by Gasteiger charge is -2.24. The van der Waals surface area contributed by atoms with Gasteiger partial charge in [0.05, 0.1) is 5.25 Å². The Morgan fingerprint density at radius 3 is 3.00 bits per heavy atom. The minimum absolute atomic E-state index is 0.114. The molecule has 1 N–H and O–H groups in total. The third-order valence-electron chi connectivity index (χ3n) is 1.72. The largest absolute Gasteiger partial charge is 0.480 e. The third kappa shape index (κ3) is 2.48. The Balaban J connectivity index is 2.65. The Kier molecular flexibility index (Phi) is 3.36. The molecule has 0 saturated carbocycles. The highest BCUT2D eigenvalue weighted by atomic mass is 32.2. The molecule has 0 aromatic heterocycles. The molecule has 0 radical (unpaired) electrons. The van der Waals surface area contributed by atoms with E-state index < -0.39 is 5.97 Å². The van der Waals surface area contributed by atoms with Crippen LogP contribution in [0.1, 0.15) is 13.3 Å². The van der Waals surface area contributed by atoms with Crippen molar-refractivity contribution < 1.29 is 14.7 Å². The molecule has 4 nitrogen and oxygen atoms in total. The van der Waals surface area contributed by atoms with E-state index in [9.17, 15) is 9.59 Å². The maximum absolute atomic E-state index is 11.5. The molecule has 0 fully saturated rings. The van der Waals surface area contributed by atoms with Crippen LogP contribution in [0.5, 0.6) is 0 Å². The summed E-state index contributed by atoms with van der Waals surface area (Å²) in [5.41, 5.74) is 0. The van der Waals surface area contributed by atoms with E-state index in [0.717, 1.165) is 6.42 Å². The van der Waals surface area contributed by atoms with Crippen LogP contribution in [0.3, 0.4) is 0 Å². The highest BCUT2D eigenvalue weighted by molar-refractivity contribution is 8.03. The van der Waals surface area contributed by atoms with Crippen LogP contribution in [0.25, 0.3) is 0 Å². The summed E-state index contributed by atoms with van der Waals surface area (Å²) in [7, 11) is 0. The van der Waals surface area contributed by atoms with Crippen LogP contribution < -0.4 is 0 Å². The molecular weight excluding hydrogens is 190 g/mol. The number of carbonyl (C=O) groups excluding carboxylic acids is 1. The summed E-state index contributed by atoms with van der Waals surface area (Å²) in [6.07, 6.45) is 2.25. The molecule has 0 aliphatic carbocycles. The third-order valence-corrected chi connectivity index (χ3v) is 2.86. The lowest BCUT2D eigenvalue weighted by atomic mass is 10.3. The molecule has 1 aliphatic rings. The van der Waals surface area contributed by atoms with Crippen molar-refractivity contribution in [1.82, 2.24) is 4.90 Å². The van der Waals surface area contributed by atoms with Crippen LogP contribution in [0.4, 0.5) is 0 Å². The van der Waals surface area contributed by atoms with Gasteiger partial charge in [-0.3, -0.25) is 9.59 Å². The number of amides is 1. The van der Waals surface area contributed by atoms with Gasteiger partial charge in [-0.25, -0.2) is 0 Å². The topological polar surface area (TPSA) is 57.6 Å². The van der Waals surface area contributed by atoms with Crippen molar-refractivity contribution in [3.05, 3.63) is 11.6 Å². The standard InChI is InChI=1S/C8H11NO3S/c1-2-6-8(12)9(3-4-13-6)5-7(10)11/h3-4,6H,2,5H2,1H3,(H,10,11)/t6-/m0/s1. The zero-order valence-corrected chi connectivity index (χ0v) is 8.08. The van der Waals surface area contributed by atoms with E-state index in [1.54, 1.807) is 5.41 Å².